The minimum atomic E-state index is -1.27. The Morgan fingerprint density at radius 2 is 2.11 bits per heavy atom. The summed E-state index contributed by atoms with van der Waals surface area (Å²) in [6, 6.07) is 9.94. The summed E-state index contributed by atoms with van der Waals surface area (Å²) in [4.78, 5) is 11.8. The molecule has 0 bridgehead atoms. The zero-order valence-electron chi connectivity index (χ0n) is 20.2. The number of H-pyrrole nitrogens is 1. The number of aliphatic carboxylic acids is 1. The van der Waals surface area contributed by atoms with Crippen LogP contribution in [0.15, 0.2) is 36.5 Å². The Morgan fingerprint density at radius 1 is 1.33 bits per heavy atom. The van der Waals surface area contributed by atoms with E-state index in [1.807, 2.05) is 30.5 Å². The molecule has 1 aliphatic rings. The van der Waals surface area contributed by atoms with Crippen LogP contribution in [0.25, 0.3) is 27.5 Å². The molecule has 5 rings (SSSR count). The Bertz CT molecular complexity index is 1540. The summed E-state index contributed by atoms with van der Waals surface area (Å²) < 4.78 is 36.1. The van der Waals surface area contributed by atoms with Gasteiger partial charge in [0, 0.05) is 46.0 Å². The van der Waals surface area contributed by atoms with Crippen molar-refractivity contribution in [3.05, 3.63) is 59.4 Å². The zero-order chi connectivity index (χ0) is 25.8. The van der Waals surface area contributed by atoms with Gasteiger partial charge in [0.05, 0.1) is 29.9 Å². The van der Waals surface area contributed by atoms with Crippen LogP contribution in [0.3, 0.4) is 0 Å². The summed E-state index contributed by atoms with van der Waals surface area (Å²) >= 11 is 0. The monoisotopic (exact) mass is 492 g/mol. The minimum absolute atomic E-state index is 0.167. The highest BCUT2D eigenvalue weighted by atomic mass is 19.2. The summed E-state index contributed by atoms with van der Waals surface area (Å²) in [5.41, 5.74) is 1.76. The Labute approximate surface area is 206 Å². The van der Waals surface area contributed by atoms with Gasteiger partial charge >= 0.3 is 5.97 Å². The molecule has 7 nitrogen and oxygen atoms in total. The van der Waals surface area contributed by atoms with Crippen molar-refractivity contribution in [2.24, 2.45) is 0 Å². The highest BCUT2D eigenvalue weighted by molar-refractivity contribution is 5.99. The summed E-state index contributed by atoms with van der Waals surface area (Å²) in [5.74, 6) is -3.09. The van der Waals surface area contributed by atoms with E-state index in [2.05, 4.69) is 16.3 Å². The van der Waals surface area contributed by atoms with E-state index in [1.165, 1.54) is 6.07 Å². The van der Waals surface area contributed by atoms with Crippen LogP contribution in [0.1, 0.15) is 57.2 Å². The third kappa shape index (κ3) is 3.73. The number of carboxylic acid groups (broad SMARTS) is 1. The van der Waals surface area contributed by atoms with Gasteiger partial charge in [-0.3, -0.25) is 5.10 Å². The minimum Gasteiger partial charge on any atom is -0.479 e. The fraction of sp³-hybridized carbons (Fsp3) is 0.370. The topological polar surface area (TPSA) is 104 Å². The standard InChI is InChI=1S/C27H26F2N4O3/c1-26(2,8-9-30)24-23(15-6-7-27(3,25(34)35)36-14-15)18-12-21-16(13-31-32-21)10-22(18)33(24)17-4-5-19(28)20(29)11-17/h4-5,10-13,15H,6-8,14H2,1-3H3,(H,31,32)(H,34,35)/t15?,27-/m0/s1. The van der Waals surface area contributed by atoms with Gasteiger partial charge in [-0.25, -0.2) is 13.6 Å². The number of hydrogen-bond acceptors (Lipinski definition) is 4. The van der Waals surface area contributed by atoms with Gasteiger partial charge in [-0.05, 0) is 49.6 Å². The summed E-state index contributed by atoms with van der Waals surface area (Å²) in [7, 11) is 0. The third-order valence-electron chi connectivity index (χ3n) is 7.32. The molecule has 4 aromatic rings. The van der Waals surface area contributed by atoms with E-state index in [1.54, 1.807) is 13.1 Å². The van der Waals surface area contributed by atoms with Gasteiger partial charge in [-0.15, -0.1) is 0 Å². The molecule has 1 aliphatic heterocycles. The lowest BCUT2D eigenvalue weighted by Crippen LogP contribution is -2.43. The Balaban J connectivity index is 1.83. The Hall–Kier alpha value is -3.77. The van der Waals surface area contributed by atoms with Crippen molar-refractivity contribution >= 4 is 27.8 Å². The van der Waals surface area contributed by atoms with Crippen LogP contribution in [0, 0.1) is 23.0 Å². The zero-order valence-corrected chi connectivity index (χ0v) is 20.2. The van der Waals surface area contributed by atoms with Gasteiger partial charge in [-0.2, -0.15) is 10.4 Å². The lowest BCUT2D eigenvalue weighted by Gasteiger charge is -2.36. The van der Waals surface area contributed by atoms with E-state index < -0.39 is 28.6 Å². The second kappa shape index (κ2) is 8.42. The Morgan fingerprint density at radius 3 is 2.75 bits per heavy atom. The van der Waals surface area contributed by atoms with Crippen LogP contribution in [0.4, 0.5) is 8.78 Å². The smallest absolute Gasteiger partial charge is 0.335 e. The molecule has 0 spiro atoms. The van der Waals surface area contributed by atoms with Gasteiger partial charge in [0.15, 0.2) is 17.2 Å². The molecule has 3 heterocycles. The number of aromatic nitrogens is 3. The van der Waals surface area contributed by atoms with Crippen molar-refractivity contribution in [1.29, 1.82) is 5.26 Å². The van der Waals surface area contributed by atoms with Crippen molar-refractivity contribution in [1.82, 2.24) is 14.8 Å². The largest absolute Gasteiger partial charge is 0.479 e. The summed E-state index contributed by atoms with van der Waals surface area (Å²) in [6.07, 6.45) is 2.74. The number of hydrogen-bond donors (Lipinski definition) is 2. The highest BCUT2D eigenvalue weighted by Crippen LogP contribution is 2.46. The van der Waals surface area contributed by atoms with Crippen molar-refractivity contribution in [3.63, 3.8) is 0 Å². The molecule has 2 aromatic heterocycles. The molecule has 2 aromatic carbocycles. The second-order valence-corrected chi connectivity index (χ2v) is 10.3. The van der Waals surface area contributed by atoms with Crippen LogP contribution in [0.5, 0.6) is 0 Å². The van der Waals surface area contributed by atoms with Gasteiger partial charge in [-0.1, -0.05) is 13.8 Å². The van der Waals surface area contributed by atoms with Crippen LogP contribution >= 0.6 is 0 Å². The molecule has 0 saturated carbocycles. The molecule has 2 N–H and O–H groups in total. The quantitative estimate of drug-likeness (QED) is 0.371. The first-order valence-corrected chi connectivity index (χ1v) is 11.8. The predicted octanol–water partition coefficient (Wildman–Crippen LogP) is 5.71. The molecule has 186 valence electrons. The van der Waals surface area contributed by atoms with E-state index >= 15 is 0 Å². The number of nitriles is 1. The predicted molar refractivity (Wildman–Crippen MR) is 130 cm³/mol. The number of carbonyl (C=O) groups is 1. The number of rotatable bonds is 5. The lowest BCUT2D eigenvalue weighted by atomic mass is 9.77. The maximum atomic E-state index is 14.4. The fourth-order valence-electron chi connectivity index (χ4n) is 5.29. The Kier molecular flexibility index (Phi) is 5.60. The number of halogens is 2. The van der Waals surface area contributed by atoms with Crippen molar-refractivity contribution < 1.29 is 23.4 Å². The SMILES string of the molecule is CC(C)(CC#N)c1c(C2CC[C@@](C)(C(=O)O)OC2)c2cc3[nH]ncc3cc2n1-c1ccc(F)c(F)c1. The molecule has 1 fully saturated rings. The van der Waals surface area contributed by atoms with Gasteiger partial charge < -0.3 is 14.4 Å². The van der Waals surface area contributed by atoms with Crippen LogP contribution < -0.4 is 0 Å². The first-order chi connectivity index (χ1) is 17.1. The van der Waals surface area contributed by atoms with Crippen LogP contribution in [-0.4, -0.2) is 38.0 Å². The normalized spacial score (nSPS) is 20.6. The maximum absolute atomic E-state index is 14.4. The average molecular weight is 493 g/mol. The number of aromatic amines is 1. The molecule has 0 amide bonds. The third-order valence-corrected chi connectivity index (χ3v) is 7.32. The van der Waals surface area contributed by atoms with Crippen molar-refractivity contribution in [3.8, 4) is 11.8 Å². The molecule has 0 aliphatic carbocycles. The van der Waals surface area contributed by atoms with E-state index in [0.29, 0.717) is 18.5 Å². The molecular weight excluding hydrogens is 466 g/mol. The average Bonchev–Trinajstić information content (AvgIpc) is 3.42. The second-order valence-electron chi connectivity index (χ2n) is 10.3. The van der Waals surface area contributed by atoms with Crippen LogP contribution in [-0.2, 0) is 14.9 Å². The number of ether oxygens (including phenoxy) is 1. The summed E-state index contributed by atoms with van der Waals surface area (Å²) in [6.45, 7) is 5.65. The lowest BCUT2D eigenvalue weighted by molar-refractivity contribution is -0.170. The molecule has 2 atom stereocenters. The van der Waals surface area contributed by atoms with Gasteiger partial charge in [0.2, 0.25) is 0 Å². The fourth-order valence-corrected chi connectivity index (χ4v) is 5.29. The molecule has 1 saturated heterocycles. The first kappa shape index (κ1) is 23.9. The first-order valence-electron chi connectivity index (χ1n) is 11.8. The van der Waals surface area contributed by atoms with E-state index in [4.69, 9.17) is 4.74 Å². The number of nitrogens with one attached hydrogen (secondary N) is 1. The number of benzene rings is 2. The molecule has 36 heavy (non-hydrogen) atoms. The van der Waals surface area contributed by atoms with Gasteiger partial charge in [0.25, 0.3) is 0 Å². The van der Waals surface area contributed by atoms with Crippen LogP contribution in [0.2, 0.25) is 0 Å². The molecular formula is C27H26F2N4O3. The molecule has 1 unspecified atom stereocenters. The molecule has 0 radical (unpaired) electrons. The number of fused-ring (bicyclic) bond motifs is 2. The highest BCUT2D eigenvalue weighted by Gasteiger charge is 2.42. The number of nitrogens with zero attached hydrogens (tertiary/aromatic N) is 3. The van der Waals surface area contributed by atoms with Crippen molar-refractivity contribution in [2.45, 2.75) is 57.0 Å². The van der Waals surface area contributed by atoms with Crippen molar-refractivity contribution in [2.75, 3.05) is 6.61 Å². The van der Waals surface area contributed by atoms with E-state index in [0.717, 1.165) is 45.2 Å². The maximum Gasteiger partial charge on any atom is 0.335 e. The molecule has 9 heteroatoms. The van der Waals surface area contributed by atoms with Gasteiger partial charge in [0.1, 0.15) is 0 Å². The number of carboxylic acids is 1. The van der Waals surface area contributed by atoms with E-state index in [9.17, 15) is 23.9 Å². The summed E-state index contributed by atoms with van der Waals surface area (Å²) in [5, 5.41) is 28.1. The van der Waals surface area contributed by atoms with E-state index in [-0.39, 0.29) is 18.9 Å².